The number of aryl methyl sites for hydroxylation is 1. The zero-order valence-corrected chi connectivity index (χ0v) is 14.4. The van der Waals surface area contributed by atoms with Crippen molar-refractivity contribution >= 4 is 55.1 Å². The molecular weight excluding hydrogens is 413 g/mol. The molecule has 0 spiro atoms. The predicted molar refractivity (Wildman–Crippen MR) is 86.2 cm³/mol. The van der Waals surface area contributed by atoms with Gasteiger partial charge in [-0.3, -0.25) is 4.98 Å². The maximum Gasteiger partial charge on any atom is 0.101 e. The van der Waals surface area contributed by atoms with Crippen LogP contribution in [-0.4, -0.2) is 4.98 Å². The van der Waals surface area contributed by atoms with E-state index in [2.05, 4.69) is 42.9 Å². The lowest BCUT2D eigenvalue weighted by molar-refractivity contribution is 0.944. The lowest BCUT2D eigenvalue weighted by Crippen LogP contribution is -2.00. The summed E-state index contributed by atoms with van der Waals surface area (Å²) >= 11 is 19.8. The Kier molecular flexibility index (Phi) is 3.91. The molecule has 1 aliphatic rings. The molecule has 5 heteroatoms. The minimum atomic E-state index is -0.228. The molecule has 2 aromatic rings. The van der Waals surface area contributed by atoms with Gasteiger partial charge in [0.1, 0.15) is 5.38 Å². The van der Waals surface area contributed by atoms with Crippen molar-refractivity contribution < 1.29 is 0 Å². The third-order valence-electron chi connectivity index (χ3n) is 3.36. The lowest BCUT2D eigenvalue weighted by Gasteiger charge is -2.14. The Balaban J connectivity index is 2.19. The number of halogens is 4. The van der Waals surface area contributed by atoms with E-state index in [9.17, 15) is 0 Å². The van der Waals surface area contributed by atoms with Crippen molar-refractivity contribution in [3.63, 3.8) is 0 Å². The SMILES string of the molecule is Clc1ccc2c(c1Br)CCc1cc(Br)cnc1C2Cl. The second-order valence-corrected chi connectivity index (χ2v) is 7.04. The van der Waals surface area contributed by atoms with Gasteiger partial charge in [-0.15, -0.1) is 11.6 Å². The van der Waals surface area contributed by atoms with Crippen molar-refractivity contribution in [2.75, 3.05) is 0 Å². The van der Waals surface area contributed by atoms with E-state index in [-0.39, 0.29) is 5.38 Å². The summed E-state index contributed by atoms with van der Waals surface area (Å²) in [5.41, 5.74) is 4.40. The van der Waals surface area contributed by atoms with Crippen molar-refractivity contribution in [3.05, 3.63) is 60.7 Å². The zero-order chi connectivity index (χ0) is 13.6. The van der Waals surface area contributed by atoms with Crippen LogP contribution < -0.4 is 0 Å². The average molecular weight is 422 g/mol. The molecule has 0 bridgehead atoms. The van der Waals surface area contributed by atoms with Crippen LogP contribution in [0, 0.1) is 0 Å². The quantitative estimate of drug-likeness (QED) is 0.498. The Labute approximate surface area is 138 Å². The van der Waals surface area contributed by atoms with Gasteiger partial charge in [-0.05, 0) is 73.5 Å². The smallest absolute Gasteiger partial charge is 0.101 e. The molecule has 98 valence electrons. The molecule has 1 aromatic carbocycles. The largest absolute Gasteiger partial charge is 0.258 e. The molecule has 0 saturated heterocycles. The molecule has 3 rings (SSSR count). The van der Waals surface area contributed by atoms with Crippen LogP contribution in [-0.2, 0) is 12.8 Å². The van der Waals surface area contributed by atoms with Crippen molar-refractivity contribution in [1.29, 1.82) is 0 Å². The molecule has 1 atom stereocenters. The van der Waals surface area contributed by atoms with Gasteiger partial charge in [0.25, 0.3) is 0 Å². The van der Waals surface area contributed by atoms with Crippen LogP contribution in [0.3, 0.4) is 0 Å². The van der Waals surface area contributed by atoms with Crippen LogP contribution in [0.4, 0.5) is 0 Å². The summed E-state index contributed by atoms with van der Waals surface area (Å²) in [6.07, 6.45) is 3.62. The molecule has 0 amide bonds. The highest BCUT2D eigenvalue weighted by molar-refractivity contribution is 9.10. The number of pyridine rings is 1. The second-order valence-electron chi connectivity index (χ2n) is 4.49. The highest BCUT2D eigenvalue weighted by atomic mass is 79.9. The van der Waals surface area contributed by atoms with Crippen LogP contribution in [0.25, 0.3) is 0 Å². The number of aromatic nitrogens is 1. The maximum absolute atomic E-state index is 6.62. The van der Waals surface area contributed by atoms with Crippen LogP contribution in [0.15, 0.2) is 33.3 Å². The first-order valence-corrected chi connectivity index (χ1v) is 8.23. The zero-order valence-electron chi connectivity index (χ0n) is 9.76. The number of hydrogen-bond acceptors (Lipinski definition) is 1. The molecule has 1 aliphatic carbocycles. The third kappa shape index (κ3) is 2.46. The van der Waals surface area contributed by atoms with Crippen molar-refractivity contribution in [1.82, 2.24) is 4.98 Å². The van der Waals surface area contributed by atoms with E-state index in [1.54, 1.807) is 6.20 Å². The summed E-state index contributed by atoms with van der Waals surface area (Å²) in [5.74, 6) is 0. The topological polar surface area (TPSA) is 12.9 Å². The van der Waals surface area contributed by atoms with E-state index in [0.29, 0.717) is 0 Å². The first kappa shape index (κ1) is 13.9. The van der Waals surface area contributed by atoms with Gasteiger partial charge in [0.05, 0.1) is 10.7 Å². The monoisotopic (exact) mass is 419 g/mol. The van der Waals surface area contributed by atoms with Crippen molar-refractivity contribution in [2.45, 2.75) is 18.2 Å². The van der Waals surface area contributed by atoms with Crippen molar-refractivity contribution in [2.24, 2.45) is 0 Å². The van der Waals surface area contributed by atoms with E-state index >= 15 is 0 Å². The van der Waals surface area contributed by atoms with Gasteiger partial charge in [-0.2, -0.15) is 0 Å². The van der Waals surface area contributed by atoms with E-state index in [1.807, 2.05) is 12.1 Å². The van der Waals surface area contributed by atoms with E-state index in [1.165, 1.54) is 11.1 Å². The Hall–Kier alpha value is -0.0900. The number of nitrogens with zero attached hydrogens (tertiary/aromatic N) is 1. The minimum absolute atomic E-state index is 0.228. The van der Waals surface area contributed by atoms with Gasteiger partial charge >= 0.3 is 0 Å². The molecule has 1 unspecified atom stereocenters. The highest BCUT2D eigenvalue weighted by Crippen LogP contribution is 2.41. The maximum atomic E-state index is 6.62. The van der Waals surface area contributed by atoms with E-state index < -0.39 is 0 Å². The number of hydrogen-bond donors (Lipinski definition) is 0. The Bertz CT molecular complexity index is 658. The number of fused-ring (bicyclic) bond motifs is 2. The molecule has 19 heavy (non-hydrogen) atoms. The molecule has 0 radical (unpaired) electrons. The van der Waals surface area contributed by atoms with Gasteiger partial charge in [-0.25, -0.2) is 0 Å². The number of benzene rings is 1. The first-order valence-electron chi connectivity index (χ1n) is 5.83. The molecule has 0 aliphatic heterocycles. The Morgan fingerprint density at radius 3 is 2.79 bits per heavy atom. The van der Waals surface area contributed by atoms with E-state index in [0.717, 1.165) is 38.1 Å². The van der Waals surface area contributed by atoms with Crippen LogP contribution in [0.1, 0.15) is 27.8 Å². The van der Waals surface area contributed by atoms with Crippen LogP contribution in [0.2, 0.25) is 5.02 Å². The molecule has 0 saturated carbocycles. The van der Waals surface area contributed by atoms with Crippen molar-refractivity contribution in [3.8, 4) is 0 Å². The predicted octanol–water partition coefficient (Wildman–Crippen LogP) is 5.69. The summed E-state index contributed by atoms with van der Waals surface area (Å²) in [4.78, 5) is 4.48. The van der Waals surface area contributed by atoms with Gasteiger partial charge in [0, 0.05) is 15.1 Å². The molecule has 1 nitrogen and oxygen atoms in total. The van der Waals surface area contributed by atoms with Gasteiger partial charge in [0.2, 0.25) is 0 Å². The van der Waals surface area contributed by atoms with Gasteiger partial charge in [-0.1, -0.05) is 17.7 Å². The number of alkyl halides is 1. The Morgan fingerprint density at radius 2 is 2.00 bits per heavy atom. The minimum Gasteiger partial charge on any atom is -0.258 e. The highest BCUT2D eigenvalue weighted by Gasteiger charge is 2.25. The van der Waals surface area contributed by atoms with Crippen LogP contribution >= 0.6 is 55.1 Å². The molecule has 1 aromatic heterocycles. The molecule has 0 N–H and O–H groups in total. The first-order chi connectivity index (χ1) is 9.08. The summed E-state index contributed by atoms with van der Waals surface area (Å²) < 4.78 is 1.93. The fourth-order valence-electron chi connectivity index (χ4n) is 2.43. The summed E-state index contributed by atoms with van der Waals surface area (Å²) in [6.45, 7) is 0. The molecule has 0 fully saturated rings. The molecular formula is C14H9Br2Cl2N. The van der Waals surface area contributed by atoms with Crippen LogP contribution in [0.5, 0.6) is 0 Å². The molecule has 1 heterocycles. The fourth-order valence-corrected chi connectivity index (χ4v) is 3.94. The number of rotatable bonds is 0. The lowest BCUT2D eigenvalue weighted by atomic mass is 10.0. The van der Waals surface area contributed by atoms with E-state index in [4.69, 9.17) is 23.2 Å². The Morgan fingerprint density at radius 1 is 1.21 bits per heavy atom. The van der Waals surface area contributed by atoms with Gasteiger partial charge in [0.15, 0.2) is 0 Å². The second kappa shape index (κ2) is 5.36. The standard InChI is InChI=1S/C14H9Br2Cl2N/c15-8-5-7-1-2-9-10(3-4-11(17)12(9)16)13(18)14(7)19-6-8/h3-6,13H,1-2H2. The summed E-state index contributed by atoms with van der Waals surface area (Å²) in [5, 5.41) is 0.497. The summed E-state index contributed by atoms with van der Waals surface area (Å²) in [6, 6.07) is 5.97. The fraction of sp³-hybridized carbons (Fsp3) is 0.214. The third-order valence-corrected chi connectivity index (χ3v) is 5.68. The summed E-state index contributed by atoms with van der Waals surface area (Å²) in [7, 11) is 0. The van der Waals surface area contributed by atoms with Gasteiger partial charge < -0.3 is 0 Å². The normalized spacial score (nSPS) is 17.6. The average Bonchev–Trinajstić information content (AvgIpc) is 2.52.